The van der Waals surface area contributed by atoms with Crippen LogP contribution in [-0.4, -0.2) is 11.1 Å². The highest BCUT2D eigenvalue weighted by Crippen LogP contribution is 2.20. The number of hydrogen-bond donors (Lipinski definition) is 2. The first-order chi connectivity index (χ1) is 8.99. The summed E-state index contributed by atoms with van der Waals surface area (Å²) in [6, 6.07) is 7.60. The van der Waals surface area contributed by atoms with E-state index >= 15 is 0 Å². The Morgan fingerprint density at radius 3 is 2.68 bits per heavy atom. The van der Waals surface area contributed by atoms with Crippen LogP contribution in [0, 0.1) is 20.8 Å². The number of aryl methyl sites for hydroxylation is 2. The molecule has 0 aliphatic heterocycles. The number of carboxylic acids is 1. The van der Waals surface area contributed by atoms with E-state index in [4.69, 9.17) is 9.52 Å². The van der Waals surface area contributed by atoms with E-state index in [9.17, 15) is 4.79 Å². The molecule has 4 heteroatoms. The van der Waals surface area contributed by atoms with Gasteiger partial charge in [-0.05, 0) is 44.0 Å². The van der Waals surface area contributed by atoms with E-state index in [0.717, 1.165) is 5.69 Å². The van der Waals surface area contributed by atoms with Gasteiger partial charge in [-0.2, -0.15) is 0 Å². The van der Waals surface area contributed by atoms with Crippen molar-refractivity contribution in [3.8, 4) is 0 Å². The molecular weight excluding hydrogens is 242 g/mol. The van der Waals surface area contributed by atoms with Crippen LogP contribution in [0.15, 0.2) is 28.7 Å². The van der Waals surface area contributed by atoms with E-state index in [2.05, 4.69) is 18.3 Å². The van der Waals surface area contributed by atoms with Crippen molar-refractivity contribution >= 4 is 11.7 Å². The zero-order chi connectivity index (χ0) is 14.0. The third kappa shape index (κ3) is 2.78. The number of carboxylic acid groups (broad SMARTS) is 1. The monoisotopic (exact) mass is 259 g/mol. The van der Waals surface area contributed by atoms with Crippen molar-refractivity contribution < 1.29 is 14.3 Å². The SMILES string of the molecule is Cc1cccc(NCc2cc(C(=O)O)c(C)o2)c1C. The van der Waals surface area contributed by atoms with Crippen molar-refractivity contribution in [1.82, 2.24) is 0 Å². The van der Waals surface area contributed by atoms with E-state index in [1.54, 1.807) is 13.0 Å². The fraction of sp³-hybridized carbons (Fsp3) is 0.267. The Hall–Kier alpha value is -2.23. The van der Waals surface area contributed by atoms with Gasteiger partial charge in [-0.15, -0.1) is 0 Å². The second-order valence-electron chi connectivity index (χ2n) is 4.59. The van der Waals surface area contributed by atoms with Crippen LogP contribution in [0.5, 0.6) is 0 Å². The van der Waals surface area contributed by atoms with Crippen LogP contribution in [0.3, 0.4) is 0 Å². The molecule has 1 heterocycles. The van der Waals surface area contributed by atoms with Gasteiger partial charge in [-0.3, -0.25) is 0 Å². The van der Waals surface area contributed by atoms with Crippen molar-refractivity contribution in [1.29, 1.82) is 0 Å². The summed E-state index contributed by atoms with van der Waals surface area (Å²) in [4.78, 5) is 10.9. The maximum atomic E-state index is 10.9. The molecule has 0 aliphatic carbocycles. The van der Waals surface area contributed by atoms with Gasteiger partial charge in [0.25, 0.3) is 0 Å². The molecule has 0 saturated heterocycles. The molecule has 2 N–H and O–H groups in total. The van der Waals surface area contributed by atoms with Crippen LogP contribution in [0.2, 0.25) is 0 Å². The molecular formula is C15H17NO3. The zero-order valence-corrected chi connectivity index (χ0v) is 11.3. The predicted octanol–water partition coefficient (Wildman–Crippen LogP) is 3.52. The van der Waals surface area contributed by atoms with Crippen molar-refractivity contribution in [3.05, 3.63) is 52.5 Å². The quantitative estimate of drug-likeness (QED) is 0.881. The lowest BCUT2D eigenvalue weighted by Gasteiger charge is -2.09. The first kappa shape index (κ1) is 13.2. The second kappa shape index (κ2) is 5.18. The predicted molar refractivity (Wildman–Crippen MR) is 73.6 cm³/mol. The lowest BCUT2D eigenvalue weighted by molar-refractivity contribution is 0.0695. The summed E-state index contributed by atoms with van der Waals surface area (Å²) in [6.45, 7) is 6.23. The van der Waals surface area contributed by atoms with Gasteiger partial charge in [-0.25, -0.2) is 4.79 Å². The van der Waals surface area contributed by atoms with Gasteiger partial charge >= 0.3 is 5.97 Å². The van der Waals surface area contributed by atoms with Gasteiger partial charge in [0.15, 0.2) is 0 Å². The summed E-state index contributed by atoms with van der Waals surface area (Å²) in [5.74, 6) is 0.0975. The minimum atomic E-state index is -0.959. The normalized spacial score (nSPS) is 10.5. The molecule has 0 fully saturated rings. The highest BCUT2D eigenvalue weighted by molar-refractivity contribution is 5.88. The van der Waals surface area contributed by atoms with E-state index < -0.39 is 5.97 Å². The number of benzene rings is 1. The Balaban J connectivity index is 2.13. The molecule has 0 amide bonds. The fourth-order valence-corrected chi connectivity index (χ4v) is 1.97. The lowest BCUT2D eigenvalue weighted by Crippen LogP contribution is -2.01. The largest absolute Gasteiger partial charge is 0.478 e. The van der Waals surface area contributed by atoms with E-state index in [1.165, 1.54) is 11.1 Å². The summed E-state index contributed by atoms with van der Waals surface area (Å²) in [7, 11) is 0. The molecule has 1 aromatic carbocycles. The minimum absolute atomic E-state index is 0.220. The average Bonchev–Trinajstić information content (AvgIpc) is 2.73. The molecule has 0 aliphatic rings. The van der Waals surface area contributed by atoms with Crippen molar-refractivity contribution in [2.45, 2.75) is 27.3 Å². The van der Waals surface area contributed by atoms with Gasteiger partial charge in [0.05, 0.1) is 6.54 Å². The molecule has 0 bridgehead atoms. The van der Waals surface area contributed by atoms with E-state index in [0.29, 0.717) is 18.1 Å². The molecule has 2 aromatic rings. The van der Waals surface area contributed by atoms with E-state index in [-0.39, 0.29) is 5.56 Å². The van der Waals surface area contributed by atoms with Crippen LogP contribution >= 0.6 is 0 Å². The molecule has 1 aromatic heterocycles. The van der Waals surface area contributed by atoms with Crippen LogP contribution in [0.1, 0.15) is 33.0 Å². The first-order valence-electron chi connectivity index (χ1n) is 6.11. The van der Waals surface area contributed by atoms with Gasteiger partial charge < -0.3 is 14.8 Å². The molecule has 0 saturated carbocycles. The molecule has 0 atom stereocenters. The molecule has 19 heavy (non-hydrogen) atoms. The topological polar surface area (TPSA) is 62.5 Å². The molecule has 100 valence electrons. The standard InChI is InChI=1S/C15H17NO3/c1-9-5-4-6-14(10(9)2)16-8-12-7-13(15(17)18)11(3)19-12/h4-7,16H,8H2,1-3H3,(H,17,18). The van der Waals surface area contributed by atoms with Gasteiger partial charge in [0.2, 0.25) is 0 Å². The number of anilines is 1. The number of furan rings is 1. The number of rotatable bonds is 4. The van der Waals surface area contributed by atoms with Crippen molar-refractivity contribution in [2.24, 2.45) is 0 Å². The number of carbonyl (C=O) groups is 1. The summed E-state index contributed by atoms with van der Waals surface area (Å²) in [6.07, 6.45) is 0. The number of aromatic carboxylic acids is 1. The molecule has 4 nitrogen and oxygen atoms in total. The molecule has 0 unspecified atom stereocenters. The van der Waals surface area contributed by atoms with Crippen molar-refractivity contribution in [3.63, 3.8) is 0 Å². The highest BCUT2D eigenvalue weighted by Gasteiger charge is 2.13. The van der Waals surface area contributed by atoms with Crippen LogP contribution in [0.4, 0.5) is 5.69 Å². The zero-order valence-electron chi connectivity index (χ0n) is 11.3. The summed E-state index contributed by atoms with van der Waals surface area (Å²) < 4.78 is 5.42. The van der Waals surface area contributed by atoms with E-state index in [1.807, 2.05) is 19.1 Å². The molecule has 2 rings (SSSR count). The average molecular weight is 259 g/mol. The lowest BCUT2D eigenvalue weighted by atomic mass is 10.1. The molecule has 0 spiro atoms. The highest BCUT2D eigenvalue weighted by atomic mass is 16.4. The summed E-state index contributed by atoms with van der Waals surface area (Å²) in [5.41, 5.74) is 3.65. The number of hydrogen-bond acceptors (Lipinski definition) is 3. The van der Waals surface area contributed by atoms with Crippen molar-refractivity contribution in [2.75, 3.05) is 5.32 Å². The van der Waals surface area contributed by atoms with Crippen LogP contribution in [-0.2, 0) is 6.54 Å². The Kier molecular flexibility index (Phi) is 3.60. The Morgan fingerprint density at radius 2 is 2.05 bits per heavy atom. The fourth-order valence-electron chi connectivity index (χ4n) is 1.97. The minimum Gasteiger partial charge on any atom is -0.478 e. The maximum absolute atomic E-state index is 10.9. The van der Waals surface area contributed by atoms with Gasteiger partial charge in [0, 0.05) is 5.69 Å². The maximum Gasteiger partial charge on any atom is 0.339 e. The smallest absolute Gasteiger partial charge is 0.339 e. The summed E-state index contributed by atoms with van der Waals surface area (Å²) >= 11 is 0. The second-order valence-corrected chi connectivity index (χ2v) is 4.59. The van der Waals surface area contributed by atoms with Crippen LogP contribution in [0.25, 0.3) is 0 Å². The number of nitrogens with one attached hydrogen (secondary N) is 1. The third-order valence-electron chi connectivity index (χ3n) is 3.26. The van der Waals surface area contributed by atoms with Gasteiger partial charge in [-0.1, -0.05) is 12.1 Å². The summed E-state index contributed by atoms with van der Waals surface area (Å²) in [5, 5.41) is 12.2. The van der Waals surface area contributed by atoms with Gasteiger partial charge in [0.1, 0.15) is 17.1 Å². The third-order valence-corrected chi connectivity index (χ3v) is 3.26. The van der Waals surface area contributed by atoms with Crippen LogP contribution < -0.4 is 5.32 Å². The Labute approximate surface area is 112 Å². The molecule has 0 radical (unpaired) electrons. The first-order valence-corrected chi connectivity index (χ1v) is 6.11. The Bertz CT molecular complexity index is 614. The Morgan fingerprint density at radius 1 is 1.32 bits per heavy atom.